The number of nitrogens with two attached hydrogens (primary N) is 1. The highest BCUT2D eigenvalue weighted by Crippen LogP contribution is 2.26. The van der Waals surface area contributed by atoms with Crippen LogP contribution in [0.5, 0.6) is 0 Å². The van der Waals surface area contributed by atoms with E-state index in [1.54, 1.807) is 18.2 Å². The van der Waals surface area contributed by atoms with Gasteiger partial charge in [-0.3, -0.25) is 0 Å². The van der Waals surface area contributed by atoms with Crippen molar-refractivity contribution in [2.45, 2.75) is 31.6 Å². The standard InChI is InChI=1S/C12H18BrNO2S/c1-3-9(4-2)8-17(15,16)12-7-10(13)5-6-11(12)14/h5-7,9H,3-4,8,14H2,1-2H3. The molecule has 0 fully saturated rings. The molecule has 0 amide bonds. The first-order chi connectivity index (χ1) is 7.90. The van der Waals surface area contributed by atoms with Gasteiger partial charge in [-0.1, -0.05) is 42.6 Å². The Kier molecular flexibility index (Phi) is 5.01. The van der Waals surface area contributed by atoms with E-state index in [9.17, 15) is 8.42 Å². The SMILES string of the molecule is CCC(CC)CS(=O)(=O)c1cc(Br)ccc1N. The zero-order chi connectivity index (χ0) is 13.1. The third-order valence-electron chi connectivity index (χ3n) is 2.92. The van der Waals surface area contributed by atoms with Gasteiger partial charge in [-0.15, -0.1) is 0 Å². The zero-order valence-electron chi connectivity index (χ0n) is 10.1. The van der Waals surface area contributed by atoms with E-state index in [1.807, 2.05) is 13.8 Å². The largest absolute Gasteiger partial charge is 0.398 e. The van der Waals surface area contributed by atoms with E-state index < -0.39 is 9.84 Å². The molecule has 2 N–H and O–H groups in total. The van der Waals surface area contributed by atoms with Crippen molar-refractivity contribution in [2.75, 3.05) is 11.5 Å². The van der Waals surface area contributed by atoms with Crippen molar-refractivity contribution in [2.24, 2.45) is 5.92 Å². The summed E-state index contributed by atoms with van der Waals surface area (Å²) in [5.41, 5.74) is 6.05. The van der Waals surface area contributed by atoms with Gasteiger partial charge in [-0.2, -0.15) is 0 Å². The molecule has 0 aliphatic heterocycles. The third-order valence-corrected chi connectivity index (χ3v) is 5.35. The molecule has 0 atom stereocenters. The summed E-state index contributed by atoms with van der Waals surface area (Å²) in [5, 5.41) is 0. The number of sulfone groups is 1. The highest BCUT2D eigenvalue weighted by molar-refractivity contribution is 9.10. The van der Waals surface area contributed by atoms with Gasteiger partial charge >= 0.3 is 0 Å². The number of hydrogen-bond donors (Lipinski definition) is 1. The summed E-state index contributed by atoms with van der Waals surface area (Å²) in [4.78, 5) is 0.235. The van der Waals surface area contributed by atoms with E-state index in [2.05, 4.69) is 15.9 Å². The van der Waals surface area contributed by atoms with Crippen molar-refractivity contribution in [1.82, 2.24) is 0 Å². The minimum absolute atomic E-state index is 0.167. The van der Waals surface area contributed by atoms with Crippen molar-refractivity contribution in [1.29, 1.82) is 0 Å². The van der Waals surface area contributed by atoms with Crippen LogP contribution in [0.2, 0.25) is 0 Å². The highest BCUT2D eigenvalue weighted by atomic mass is 79.9. The minimum Gasteiger partial charge on any atom is -0.398 e. The fourth-order valence-electron chi connectivity index (χ4n) is 1.70. The molecule has 0 unspecified atom stereocenters. The van der Waals surface area contributed by atoms with Crippen LogP contribution >= 0.6 is 15.9 Å². The monoisotopic (exact) mass is 319 g/mol. The second-order valence-corrected chi connectivity index (χ2v) is 7.06. The lowest BCUT2D eigenvalue weighted by atomic mass is 10.1. The maximum atomic E-state index is 12.2. The van der Waals surface area contributed by atoms with Crippen LogP contribution in [-0.4, -0.2) is 14.2 Å². The first-order valence-electron chi connectivity index (χ1n) is 5.68. The predicted octanol–water partition coefficient (Wildman–Crippen LogP) is 3.24. The molecule has 0 heterocycles. The van der Waals surface area contributed by atoms with Crippen LogP contribution in [-0.2, 0) is 9.84 Å². The normalized spacial score (nSPS) is 12.0. The molecule has 0 aliphatic carbocycles. The summed E-state index contributed by atoms with van der Waals surface area (Å²) in [5.74, 6) is 0.360. The molecule has 3 nitrogen and oxygen atoms in total. The fourth-order valence-corrected chi connectivity index (χ4v) is 4.22. The lowest BCUT2D eigenvalue weighted by molar-refractivity contribution is 0.523. The molecule has 0 radical (unpaired) electrons. The van der Waals surface area contributed by atoms with Gasteiger partial charge in [0.05, 0.1) is 16.3 Å². The highest BCUT2D eigenvalue weighted by Gasteiger charge is 2.21. The molecule has 1 aromatic carbocycles. The fraction of sp³-hybridized carbons (Fsp3) is 0.500. The van der Waals surface area contributed by atoms with E-state index in [-0.39, 0.29) is 16.6 Å². The quantitative estimate of drug-likeness (QED) is 0.847. The summed E-state index contributed by atoms with van der Waals surface area (Å²) in [6, 6.07) is 4.93. The summed E-state index contributed by atoms with van der Waals surface area (Å²) in [6.45, 7) is 4.02. The maximum absolute atomic E-state index is 12.2. The summed E-state index contributed by atoms with van der Waals surface area (Å²) in [6.07, 6.45) is 1.73. The second-order valence-electron chi connectivity index (χ2n) is 4.15. The molecule has 5 heteroatoms. The van der Waals surface area contributed by atoms with E-state index in [0.717, 1.165) is 17.3 Å². The van der Waals surface area contributed by atoms with Crippen LogP contribution in [0.3, 0.4) is 0 Å². The molecular weight excluding hydrogens is 302 g/mol. The number of nitrogen functional groups attached to an aromatic ring is 1. The Labute approximate surface area is 111 Å². The van der Waals surface area contributed by atoms with Crippen LogP contribution in [0.25, 0.3) is 0 Å². The molecule has 0 bridgehead atoms. The lowest BCUT2D eigenvalue weighted by Gasteiger charge is -2.14. The first kappa shape index (κ1) is 14.5. The van der Waals surface area contributed by atoms with Gasteiger partial charge in [0, 0.05) is 4.47 Å². The van der Waals surface area contributed by atoms with Gasteiger partial charge < -0.3 is 5.73 Å². The predicted molar refractivity (Wildman–Crippen MR) is 74.7 cm³/mol. The Bertz CT molecular complexity index is 481. The van der Waals surface area contributed by atoms with Gasteiger partial charge in [-0.25, -0.2) is 8.42 Å². The molecule has 96 valence electrons. The molecule has 1 aromatic rings. The van der Waals surface area contributed by atoms with E-state index >= 15 is 0 Å². The Hall–Kier alpha value is -0.550. The van der Waals surface area contributed by atoms with Gasteiger partial charge in [-0.05, 0) is 24.1 Å². The molecule has 1 rings (SSSR count). The van der Waals surface area contributed by atoms with Crippen molar-refractivity contribution < 1.29 is 8.42 Å². The Morgan fingerprint density at radius 1 is 1.29 bits per heavy atom. The Morgan fingerprint density at radius 2 is 1.88 bits per heavy atom. The van der Waals surface area contributed by atoms with Crippen molar-refractivity contribution in [3.63, 3.8) is 0 Å². The lowest BCUT2D eigenvalue weighted by Crippen LogP contribution is -2.16. The van der Waals surface area contributed by atoms with E-state index in [4.69, 9.17) is 5.73 Å². The number of halogens is 1. The molecule has 0 aromatic heterocycles. The van der Waals surface area contributed by atoms with E-state index in [1.165, 1.54) is 0 Å². The second kappa shape index (κ2) is 5.87. The summed E-state index contributed by atoms with van der Waals surface area (Å²) in [7, 11) is -3.29. The summed E-state index contributed by atoms with van der Waals surface area (Å²) < 4.78 is 25.2. The Balaban J connectivity index is 3.09. The van der Waals surface area contributed by atoms with Gasteiger partial charge in [0.15, 0.2) is 9.84 Å². The Morgan fingerprint density at radius 3 is 2.41 bits per heavy atom. The average Bonchev–Trinajstić information content (AvgIpc) is 2.29. The van der Waals surface area contributed by atoms with Gasteiger partial charge in [0.25, 0.3) is 0 Å². The number of anilines is 1. The maximum Gasteiger partial charge on any atom is 0.180 e. The molecule has 0 aliphatic rings. The van der Waals surface area contributed by atoms with Crippen molar-refractivity contribution >= 4 is 31.5 Å². The topological polar surface area (TPSA) is 60.2 Å². The molecule has 0 saturated heterocycles. The number of rotatable bonds is 5. The van der Waals surface area contributed by atoms with E-state index in [0.29, 0.717) is 5.69 Å². The number of benzene rings is 1. The van der Waals surface area contributed by atoms with Crippen LogP contribution < -0.4 is 5.73 Å². The molecule has 17 heavy (non-hydrogen) atoms. The van der Waals surface area contributed by atoms with Crippen molar-refractivity contribution in [3.05, 3.63) is 22.7 Å². The average molecular weight is 320 g/mol. The van der Waals surface area contributed by atoms with Gasteiger partial charge in [0.2, 0.25) is 0 Å². The van der Waals surface area contributed by atoms with Crippen LogP contribution in [0, 0.1) is 5.92 Å². The zero-order valence-corrected chi connectivity index (χ0v) is 12.5. The minimum atomic E-state index is -3.29. The molecule has 0 saturated carbocycles. The van der Waals surface area contributed by atoms with Gasteiger partial charge in [0.1, 0.15) is 0 Å². The van der Waals surface area contributed by atoms with Crippen molar-refractivity contribution in [3.8, 4) is 0 Å². The third kappa shape index (κ3) is 3.71. The number of hydrogen-bond acceptors (Lipinski definition) is 3. The molecule has 0 spiro atoms. The van der Waals surface area contributed by atoms with Crippen LogP contribution in [0.1, 0.15) is 26.7 Å². The molecular formula is C12H18BrNO2S. The van der Waals surface area contributed by atoms with Crippen LogP contribution in [0.4, 0.5) is 5.69 Å². The van der Waals surface area contributed by atoms with Crippen LogP contribution in [0.15, 0.2) is 27.6 Å². The first-order valence-corrected chi connectivity index (χ1v) is 8.13. The smallest absolute Gasteiger partial charge is 0.180 e. The summed E-state index contributed by atoms with van der Waals surface area (Å²) >= 11 is 3.27.